The number of nitrogens with zero attached hydrogens (tertiary/aromatic N) is 4. The third-order valence-corrected chi connectivity index (χ3v) is 14.6. The van der Waals surface area contributed by atoms with E-state index in [0.717, 1.165) is 54.0 Å². The van der Waals surface area contributed by atoms with Gasteiger partial charge in [0.25, 0.3) is 0 Å². The number of carbonyl (C=O) groups is 1. The first-order chi connectivity index (χ1) is 23.8. The zero-order valence-corrected chi connectivity index (χ0v) is 31.5. The van der Waals surface area contributed by atoms with Crippen molar-refractivity contribution in [2.24, 2.45) is 41.5 Å². The predicted octanol–water partition coefficient (Wildman–Crippen LogP) is 8.20. The van der Waals surface area contributed by atoms with Gasteiger partial charge in [0.05, 0.1) is 40.5 Å². The van der Waals surface area contributed by atoms with Gasteiger partial charge in [-0.1, -0.05) is 76.2 Å². The van der Waals surface area contributed by atoms with E-state index in [1.165, 1.54) is 34.2 Å². The minimum atomic E-state index is -0.480. The van der Waals surface area contributed by atoms with Crippen molar-refractivity contribution >= 4 is 34.7 Å². The summed E-state index contributed by atoms with van der Waals surface area (Å²) < 4.78 is 10.2. The number of rotatable bonds is 7. The molecule has 2 heterocycles. The number of aliphatic hydroxyl groups is 1. The van der Waals surface area contributed by atoms with Crippen LogP contribution in [-0.4, -0.2) is 55.3 Å². The third kappa shape index (κ3) is 5.26. The van der Waals surface area contributed by atoms with Gasteiger partial charge in [0.15, 0.2) is 10.9 Å². The van der Waals surface area contributed by atoms with Crippen molar-refractivity contribution in [2.75, 3.05) is 12.9 Å². The number of hydrogen-bond acceptors (Lipinski definition) is 6. The first-order valence-corrected chi connectivity index (χ1v) is 19.5. The molecule has 2 aromatic heterocycles. The molecule has 0 spiro atoms. The number of methoxy groups -OCH3 is 1. The summed E-state index contributed by atoms with van der Waals surface area (Å²) in [5.41, 5.74) is 8.17. The van der Waals surface area contributed by atoms with Crippen LogP contribution in [0.1, 0.15) is 83.5 Å². The molecule has 0 amide bonds. The summed E-state index contributed by atoms with van der Waals surface area (Å²) in [6, 6.07) is 16.9. The summed E-state index contributed by atoms with van der Waals surface area (Å²) in [7, 11) is 3.70. The van der Waals surface area contributed by atoms with Crippen LogP contribution in [0.25, 0.3) is 22.8 Å². The Morgan fingerprint density at radius 2 is 1.86 bits per heavy atom. The molecule has 7 nitrogen and oxygen atoms in total. The minimum Gasteiger partial charge on any atom is -0.393 e. The lowest BCUT2D eigenvalue weighted by atomic mass is 9.45. The second kappa shape index (κ2) is 12.2. The fraction of sp³-hybridized carbons (Fsp3) is 0.548. The minimum absolute atomic E-state index is 0.0900. The Labute approximate surface area is 300 Å². The van der Waals surface area contributed by atoms with E-state index in [2.05, 4.69) is 86.5 Å². The molecule has 264 valence electrons. The zero-order chi connectivity index (χ0) is 35.2. The molecule has 0 radical (unpaired) electrons. The van der Waals surface area contributed by atoms with Crippen LogP contribution in [0.2, 0.25) is 0 Å². The molecule has 4 aliphatic carbocycles. The van der Waals surface area contributed by atoms with Crippen molar-refractivity contribution < 1.29 is 14.6 Å². The molecule has 2 aromatic carbocycles. The second-order valence-electron chi connectivity index (χ2n) is 17.2. The number of aromatic nitrogens is 4. The molecule has 8 rings (SSSR count). The van der Waals surface area contributed by atoms with Gasteiger partial charge in [0.1, 0.15) is 6.10 Å². The maximum absolute atomic E-state index is 13.9. The summed E-state index contributed by atoms with van der Waals surface area (Å²) in [5, 5.41) is 18.0. The lowest BCUT2D eigenvalue weighted by Crippen LogP contribution is -2.58. The highest BCUT2D eigenvalue weighted by Crippen LogP contribution is 2.67. The van der Waals surface area contributed by atoms with Crippen LogP contribution in [0.5, 0.6) is 0 Å². The summed E-state index contributed by atoms with van der Waals surface area (Å²) >= 11 is 1.50. The molecule has 4 aliphatic rings. The molecule has 6 unspecified atom stereocenters. The Morgan fingerprint density at radius 1 is 1.10 bits per heavy atom. The Kier molecular flexibility index (Phi) is 8.28. The van der Waals surface area contributed by atoms with Gasteiger partial charge in [-0.3, -0.25) is 4.79 Å². The van der Waals surface area contributed by atoms with E-state index in [1.807, 2.05) is 25.2 Å². The van der Waals surface area contributed by atoms with Gasteiger partial charge in [-0.05, 0) is 120 Å². The number of aryl methyl sites for hydroxylation is 1. The molecule has 0 bridgehead atoms. The number of ether oxygens (including phenoxy) is 1. The summed E-state index contributed by atoms with van der Waals surface area (Å²) in [6.07, 6.45) is 9.32. The van der Waals surface area contributed by atoms with Crippen molar-refractivity contribution in [3.05, 3.63) is 77.1 Å². The number of allylic oxidation sites excluding steroid dienone is 1. The summed E-state index contributed by atoms with van der Waals surface area (Å²) in [6.45, 7) is 11.5. The monoisotopic (exact) mass is 692 g/mol. The van der Waals surface area contributed by atoms with Crippen molar-refractivity contribution in [2.45, 2.75) is 95.9 Å². The quantitative estimate of drug-likeness (QED) is 0.197. The first-order valence-electron chi connectivity index (χ1n) is 18.5. The molecule has 0 aliphatic heterocycles. The van der Waals surface area contributed by atoms with Crippen LogP contribution in [0.15, 0.2) is 65.5 Å². The fourth-order valence-electron chi connectivity index (χ4n) is 11.0. The SMILES string of the molecule is CO[C@@H](C(=O)CSc1nc2ccccc2n1C)C1CCC2C3CCC4=Cc5c(cnn5-c5ccc(C(C)(C)C)cc5)CC4(C)C3[C@@H](O)CC21C. The number of aliphatic hydroxyl groups excluding tert-OH is 1. The second-order valence-corrected chi connectivity index (χ2v) is 18.1. The van der Waals surface area contributed by atoms with E-state index < -0.39 is 12.2 Å². The molecular weight excluding hydrogens is 641 g/mol. The number of thioether (sulfide) groups is 1. The molecule has 1 N–H and O–H groups in total. The van der Waals surface area contributed by atoms with Gasteiger partial charge in [0, 0.05) is 14.2 Å². The van der Waals surface area contributed by atoms with Crippen LogP contribution < -0.4 is 0 Å². The highest BCUT2D eigenvalue weighted by Gasteiger charge is 2.63. The van der Waals surface area contributed by atoms with E-state index in [0.29, 0.717) is 24.0 Å². The van der Waals surface area contributed by atoms with Gasteiger partial charge < -0.3 is 14.4 Å². The standard InChI is InChI=1S/C42H52N4O3S/c1-40(2,3)26-12-15-28(16-13-26)46-34-20-27-14-17-29-30-18-19-31(42(30,5)22-35(47)37(29)41(27,4)21-25(34)23-43-46)38(49-7)36(48)24-50-39-44-32-10-8-9-11-33(32)45(39)6/h8-13,15-16,20,23,29-31,35,37-38,47H,14,17-19,21-22,24H2,1-7H3/t29?,30?,31?,35-,37?,38+,41?,42?/m0/s1. The zero-order valence-electron chi connectivity index (χ0n) is 30.6. The van der Waals surface area contributed by atoms with Gasteiger partial charge in [0.2, 0.25) is 0 Å². The average molecular weight is 693 g/mol. The van der Waals surface area contributed by atoms with Crippen molar-refractivity contribution in [3.8, 4) is 5.69 Å². The van der Waals surface area contributed by atoms with Gasteiger partial charge in [-0.25, -0.2) is 9.67 Å². The lowest BCUT2D eigenvalue weighted by Gasteiger charge is -2.60. The molecule has 4 aromatic rings. The topological polar surface area (TPSA) is 82.2 Å². The van der Waals surface area contributed by atoms with Gasteiger partial charge in [-0.15, -0.1) is 0 Å². The highest BCUT2D eigenvalue weighted by molar-refractivity contribution is 7.99. The van der Waals surface area contributed by atoms with Gasteiger partial charge in [-0.2, -0.15) is 5.10 Å². The first kappa shape index (κ1) is 33.9. The molecule has 8 atom stereocenters. The maximum Gasteiger partial charge on any atom is 0.172 e. The Hall–Kier alpha value is -3.20. The number of imidazole rings is 1. The third-order valence-electron chi connectivity index (χ3n) is 13.5. The number of carbonyl (C=O) groups excluding carboxylic acids is 1. The summed E-state index contributed by atoms with van der Waals surface area (Å²) in [4.78, 5) is 18.7. The lowest BCUT2D eigenvalue weighted by molar-refractivity contribution is -0.149. The molecular formula is C42H52N4O3S. The summed E-state index contributed by atoms with van der Waals surface area (Å²) in [5.74, 6) is 1.60. The van der Waals surface area contributed by atoms with Crippen LogP contribution in [0.4, 0.5) is 0 Å². The van der Waals surface area contributed by atoms with E-state index in [-0.39, 0.29) is 33.9 Å². The highest BCUT2D eigenvalue weighted by atomic mass is 32.2. The van der Waals surface area contributed by atoms with E-state index in [4.69, 9.17) is 14.8 Å². The Morgan fingerprint density at radius 3 is 2.58 bits per heavy atom. The largest absolute Gasteiger partial charge is 0.393 e. The van der Waals surface area contributed by atoms with Crippen molar-refractivity contribution in [3.63, 3.8) is 0 Å². The Balaban J connectivity index is 1.01. The predicted molar refractivity (Wildman–Crippen MR) is 200 cm³/mol. The Bertz CT molecular complexity index is 1970. The molecule has 0 saturated heterocycles. The molecule has 3 fully saturated rings. The van der Waals surface area contributed by atoms with Crippen LogP contribution in [0, 0.1) is 34.5 Å². The number of ketones is 1. The number of Topliss-reactive ketones (excluding diaryl/α,β-unsaturated/α-hetero) is 1. The fourth-order valence-corrected chi connectivity index (χ4v) is 11.9. The number of fused-ring (bicyclic) bond motifs is 7. The van der Waals surface area contributed by atoms with Crippen molar-refractivity contribution in [1.29, 1.82) is 0 Å². The van der Waals surface area contributed by atoms with Crippen LogP contribution in [-0.2, 0) is 28.4 Å². The smallest absolute Gasteiger partial charge is 0.172 e. The molecule has 8 heteroatoms. The maximum atomic E-state index is 13.9. The van der Waals surface area contributed by atoms with E-state index >= 15 is 0 Å². The average Bonchev–Trinajstić information content (AvgIpc) is 3.74. The molecule has 50 heavy (non-hydrogen) atoms. The van der Waals surface area contributed by atoms with Crippen LogP contribution >= 0.6 is 11.8 Å². The number of hydrogen-bond donors (Lipinski definition) is 1. The molecule has 3 saturated carbocycles. The van der Waals surface area contributed by atoms with E-state index in [1.54, 1.807) is 7.11 Å². The van der Waals surface area contributed by atoms with Crippen molar-refractivity contribution in [1.82, 2.24) is 19.3 Å². The number of benzene rings is 2. The van der Waals surface area contributed by atoms with E-state index in [9.17, 15) is 9.90 Å². The normalized spacial score (nSPS) is 31.0. The van der Waals surface area contributed by atoms with Gasteiger partial charge >= 0.3 is 0 Å². The van der Waals surface area contributed by atoms with Crippen LogP contribution in [0.3, 0.4) is 0 Å². The number of para-hydroxylation sites is 2.